The number of nitriles is 1. The van der Waals surface area contributed by atoms with Gasteiger partial charge in [-0.1, -0.05) is 51.3 Å². The molecular formula is C17H27FN2. The minimum Gasteiger partial charge on any atom is -0.326 e. The van der Waals surface area contributed by atoms with E-state index in [1.54, 1.807) is 18.2 Å². The van der Waals surface area contributed by atoms with Crippen LogP contribution in [0.5, 0.6) is 0 Å². The van der Waals surface area contributed by atoms with Crippen LogP contribution < -0.4 is 5.73 Å². The zero-order valence-corrected chi connectivity index (χ0v) is 12.7. The standard InChI is InChI=1S/C8H13N.C7H8FN.C2H6/c9-7-6-8-4-2-1-3-5-8;8-7-4-2-1-3-6(7)5-9;1-2/h8H,1-6H2;1-4H,5,9H2;1-2H3. The molecule has 112 valence electrons. The van der Waals surface area contributed by atoms with Crippen LogP contribution in [0.1, 0.15) is 57.9 Å². The second kappa shape index (κ2) is 12.6. The molecule has 0 radical (unpaired) electrons. The molecule has 0 aliphatic heterocycles. The van der Waals surface area contributed by atoms with Gasteiger partial charge < -0.3 is 5.73 Å². The Labute approximate surface area is 122 Å². The summed E-state index contributed by atoms with van der Waals surface area (Å²) in [6, 6.07) is 8.73. The fraction of sp³-hybridized carbons (Fsp3) is 0.588. The van der Waals surface area contributed by atoms with Gasteiger partial charge in [-0.15, -0.1) is 0 Å². The van der Waals surface area contributed by atoms with Crippen molar-refractivity contribution < 1.29 is 4.39 Å². The lowest BCUT2D eigenvalue weighted by atomic mass is 9.87. The summed E-state index contributed by atoms with van der Waals surface area (Å²) in [7, 11) is 0. The monoisotopic (exact) mass is 278 g/mol. The normalized spacial score (nSPS) is 14.2. The lowest BCUT2D eigenvalue weighted by Crippen LogP contribution is -2.04. The van der Waals surface area contributed by atoms with Crippen LogP contribution >= 0.6 is 0 Å². The topological polar surface area (TPSA) is 49.8 Å². The van der Waals surface area contributed by atoms with E-state index >= 15 is 0 Å². The number of benzene rings is 1. The molecule has 3 heteroatoms. The highest BCUT2D eigenvalue weighted by Gasteiger charge is 2.11. The van der Waals surface area contributed by atoms with Crippen molar-refractivity contribution in [1.29, 1.82) is 5.26 Å². The van der Waals surface area contributed by atoms with Crippen LogP contribution in [0.4, 0.5) is 4.39 Å². The van der Waals surface area contributed by atoms with Crippen LogP contribution in [0, 0.1) is 23.1 Å². The number of hydrogen-bond acceptors (Lipinski definition) is 2. The number of hydrogen-bond donors (Lipinski definition) is 1. The SMILES string of the molecule is CC.N#CCC1CCCCC1.NCc1ccccc1F. The Kier molecular flexibility index (Phi) is 11.7. The highest BCUT2D eigenvalue weighted by atomic mass is 19.1. The summed E-state index contributed by atoms with van der Waals surface area (Å²) >= 11 is 0. The maximum Gasteiger partial charge on any atom is 0.127 e. The van der Waals surface area contributed by atoms with Gasteiger partial charge in [-0.2, -0.15) is 5.26 Å². The van der Waals surface area contributed by atoms with E-state index in [4.69, 9.17) is 11.0 Å². The first-order valence-corrected chi connectivity index (χ1v) is 7.58. The van der Waals surface area contributed by atoms with Crippen LogP contribution in [0.15, 0.2) is 24.3 Å². The molecule has 1 aliphatic rings. The van der Waals surface area contributed by atoms with Gasteiger partial charge in [0.25, 0.3) is 0 Å². The average molecular weight is 278 g/mol. The summed E-state index contributed by atoms with van der Waals surface area (Å²) < 4.78 is 12.5. The van der Waals surface area contributed by atoms with Crippen molar-refractivity contribution >= 4 is 0 Å². The molecule has 0 saturated heterocycles. The first-order chi connectivity index (χ1) is 9.77. The van der Waals surface area contributed by atoms with E-state index in [-0.39, 0.29) is 12.4 Å². The first-order valence-electron chi connectivity index (χ1n) is 7.58. The van der Waals surface area contributed by atoms with Crippen molar-refractivity contribution in [3.05, 3.63) is 35.6 Å². The fourth-order valence-corrected chi connectivity index (χ4v) is 2.18. The van der Waals surface area contributed by atoms with Gasteiger partial charge in [-0.05, 0) is 24.8 Å². The molecule has 1 fully saturated rings. The van der Waals surface area contributed by atoms with Crippen molar-refractivity contribution in [2.45, 2.75) is 58.9 Å². The minimum atomic E-state index is -0.222. The van der Waals surface area contributed by atoms with E-state index < -0.39 is 0 Å². The van der Waals surface area contributed by atoms with E-state index in [9.17, 15) is 4.39 Å². The Balaban J connectivity index is 0.000000321. The van der Waals surface area contributed by atoms with Crippen LogP contribution in [-0.4, -0.2) is 0 Å². The van der Waals surface area contributed by atoms with Gasteiger partial charge >= 0.3 is 0 Å². The second-order valence-electron chi connectivity index (χ2n) is 4.66. The molecule has 0 heterocycles. The molecule has 0 bridgehead atoms. The van der Waals surface area contributed by atoms with E-state index in [1.807, 2.05) is 13.8 Å². The third kappa shape index (κ3) is 7.91. The average Bonchev–Trinajstić information content (AvgIpc) is 2.52. The Morgan fingerprint density at radius 3 is 2.25 bits per heavy atom. The third-order valence-electron chi connectivity index (χ3n) is 3.28. The van der Waals surface area contributed by atoms with Crippen LogP contribution in [0.2, 0.25) is 0 Å². The van der Waals surface area contributed by atoms with Crippen molar-refractivity contribution in [2.75, 3.05) is 0 Å². The summed E-state index contributed by atoms with van der Waals surface area (Å²) in [5.74, 6) is 0.517. The minimum absolute atomic E-state index is 0.222. The molecule has 1 saturated carbocycles. The van der Waals surface area contributed by atoms with Gasteiger partial charge in [0.1, 0.15) is 5.82 Å². The molecule has 2 N–H and O–H groups in total. The fourth-order valence-electron chi connectivity index (χ4n) is 2.18. The van der Waals surface area contributed by atoms with Crippen molar-refractivity contribution in [3.63, 3.8) is 0 Å². The van der Waals surface area contributed by atoms with Crippen molar-refractivity contribution in [3.8, 4) is 6.07 Å². The molecule has 0 unspecified atom stereocenters. The van der Waals surface area contributed by atoms with Gasteiger partial charge in [0.2, 0.25) is 0 Å². The van der Waals surface area contributed by atoms with E-state index in [2.05, 4.69) is 6.07 Å². The molecule has 0 amide bonds. The van der Waals surface area contributed by atoms with Gasteiger partial charge in [-0.3, -0.25) is 0 Å². The third-order valence-corrected chi connectivity index (χ3v) is 3.28. The summed E-state index contributed by atoms with van der Waals surface area (Å²) in [4.78, 5) is 0. The lowest BCUT2D eigenvalue weighted by molar-refractivity contribution is 0.364. The van der Waals surface area contributed by atoms with Crippen LogP contribution in [0.3, 0.4) is 0 Å². The molecule has 1 aliphatic carbocycles. The van der Waals surface area contributed by atoms with Crippen molar-refractivity contribution in [2.24, 2.45) is 11.7 Å². The Morgan fingerprint density at radius 2 is 1.80 bits per heavy atom. The lowest BCUT2D eigenvalue weighted by Gasteiger charge is -2.17. The zero-order valence-electron chi connectivity index (χ0n) is 12.7. The molecule has 20 heavy (non-hydrogen) atoms. The first kappa shape index (κ1) is 18.6. The molecule has 1 aromatic carbocycles. The number of halogens is 1. The molecule has 1 aromatic rings. The van der Waals surface area contributed by atoms with Crippen LogP contribution in [-0.2, 0) is 6.54 Å². The van der Waals surface area contributed by atoms with Gasteiger partial charge in [-0.25, -0.2) is 4.39 Å². The molecule has 2 rings (SSSR count). The largest absolute Gasteiger partial charge is 0.326 e. The zero-order chi connectivity index (χ0) is 15.2. The number of nitrogens with zero attached hydrogens (tertiary/aromatic N) is 1. The van der Waals surface area contributed by atoms with Gasteiger partial charge in [0.15, 0.2) is 0 Å². The maximum atomic E-state index is 12.5. The predicted molar refractivity (Wildman–Crippen MR) is 82.4 cm³/mol. The summed E-state index contributed by atoms with van der Waals surface area (Å²) in [5.41, 5.74) is 5.78. The Hall–Kier alpha value is -1.40. The summed E-state index contributed by atoms with van der Waals surface area (Å²) in [6.45, 7) is 4.27. The summed E-state index contributed by atoms with van der Waals surface area (Å²) in [6.07, 6.45) is 7.49. The smallest absolute Gasteiger partial charge is 0.127 e. The molecule has 0 spiro atoms. The summed E-state index contributed by atoms with van der Waals surface area (Å²) in [5, 5.41) is 8.37. The van der Waals surface area contributed by atoms with Gasteiger partial charge in [0.05, 0.1) is 6.07 Å². The highest BCUT2D eigenvalue weighted by Crippen LogP contribution is 2.25. The molecule has 0 atom stereocenters. The number of rotatable bonds is 2. The van der Waals surface area contributed by atoms with E-state index in [0.717, 1.165) is 12.3 Å². The van der Waals surface area contributed by atoms with E-state index in [0.29, 0.717) is 5.56 Å². The molecular weight excluding hydrogens is 251 g/mol. The van der Waals surface area contributed by atoms with Crippen LogP contribution in [0.25, 0.3) is 0 Å². The maximum absolute atomic E-state index is 12.5. The number of nitrogens with two attached hydrogens (primary N) is 1. The van der Waals surface area contributed by atoms with E-state index in [1.165, 1.54) is 38.2 Å². The van der Waals surface area contributed by atoms with Gasteiger partial charge in [0, 0.05) is 18.5 Å². The van der Waals surface area contributed by atoms with Crippen molar-refractivity contribution in [1.82, 2.24) is 0 Å². The quantitative estimate of drug-likeness (QED) is 0.845. The highest BCUT2D eigenvalue weighted by molar-refractivity contribution is 5.16. The molecule has 0 aromatic heterocycles. The Bertz CT molecular complexity index is 379. The molecule has 2 nitrogen and oxygen atoms in total. The predicted octanol–water partition coefficient (Wildman–Crippen LogP) is 4.79. The Morgan fingerprint density at radius 1 is 1.20 bits per heavy atom. The second-order valence-corrected chi connectivity index (χ2v) is 4.66.